The predicted molar refractivity (Wildman–Crippen MR) is 74.6 cm³/mol. The first-order valence-corrected chi connectivity index (χ1v) is 6.83. The number of carbonyl (C=O) groups is 1. The van der Waals surface area contributed by atoms with E-state index >= 15 is 0 Å². The molecule has 1 fully saturated rings. The fourth-order valence-corrected chi connectivity index (χ4v) is 2.77. The van der Waals surface area contributed by atoms with Gasteiger partial charge in [0, 0.05) is 11.2 Å². The van der Waals surface area contributed by atoms with Crippen molar-refractivity contribution in [3.8, 4) is 0 Å². The van der Waals surface area contributed by atoms with Crippen LogP contribution >= 0.6 is 11.6 Å². The number of benzene rings is 1. The number of halogens is 2. The molecule has 0 heterocycles. The zero-order chi connectivity index (χ0) is 14.0. The lowest BCUT2D eigenvalue weighted by Gasteiger charge is -2.37. The third kappa shape index (κ3) is 3.25. The molecule has 1 aliphatic carbocycles. The van der Waals surface area contributed by atoms with Gasteiger partial charge in [-0.1, -0.05) is 24.4 Å². The first-order chi connectivity index (χ1) is 8.90. The normalized spacial score (nSPS) is 27.1. The van der Waals surface area contributed by atoms with Crippen molar-refractivity contribution in [3.05, 3.63) is 29.0 Å². The van der Waals surface area contributed by atoms with Crippen molar-refractivity contribution < 1.29 is 9.18 Å². The molecule has 5 heteroatoms. The van der Waals surface area contributed by atoms with Crippen LogP contribution in [-0.2, 0) is 4.79 Å². The summed E-state index contributed by atoms with van der Waals surface area (Å²) in [5.74, 6) is -0.835. The average molecular weight is 285 g/mol. The van der Waals surface area contributed by atoms with E-state index in [2.05, 4.69) is 5.32 Å². The Bertz CT molecular complexity index is 490. The van der Waals surface area contributed by atoms with Crippen molar-refractivity contribution in [2.24, 2.45) is 11.7 Å². The standard InChI is InChI=1S/C14H18ClFN2O/c1-14(17)7-3-2-4-10(14)13(19)18-9-5-6-12(16)11(15)8-9/h5-6,8,10H,2-4,7,17H2,1H3,(H,18,19). The number of carbonyl (C=O) groups excluding carboxylic acids is 1. The van der Waals surface area contributed by atoms with E-state index in [4.69, 9.17) is 17.3 Å². The third-order valence-electron chi connectivity index (χ3n) is 3.76. The molecule has 19 heavy (non-hydrogen) atoms. The fourth-order valence-electron chi connectivity index (χ4n) is 2.59. The molecule has 0 spiro atoms. The van der Waals surface area contributed by atoms with Gasteiger partial charge in [-0.25, -0.2) is 4.39 Å². The molecule has 0 aliphatic heterocycles. The van der Waals surface area contributed by atoms with E-state index < -0.39 is 11.4 Å². The molecule has 0 saturated heterocycles. The van der Waals surface area contributed by atoms with Crippen molar-refractivity contribution in [3.63, 3.8) is 0 Å². The maximum Gasteiger partial charge on any atom is 0.229 e. The Kier molecular flexibility index (Phi) is 4.11. The van der Waals surface area contributed by atoms with Gasteiger partial charge in [0.15, 0.2) is 0 Å². The molecule has 3 N–H and O–H groups in total. The Morgan fingerprint density at radius 2 is 2.26 bits per heavy atom. The Morgan fingerprint density at radius 1 is 1.53 bits per heavy atom. The Morgan fingerprint density at radius 3 is 2.89 bits per heavy atom. The molecular weight excluding hydrogens is 267 g/mol. The van der Waals surface area contributed by atoms with Gasteiger partial charge in [0.25, 0.3) is 0 Å². The van der Waals surface area contributed by atoms with Gasteiger partial charge < -0.3 is 11.1 Å². The van der Waals surface area contributed by atoms with Crippen LogP contribution in [0.4, 0.5) is 10.1 Å². The van der Waals surface area contributed by atoms with Gasteiger partial charge in [0.2, 0.25) is 5.91 Å². The molecule has 2 atom stereocenters. The molecule has 1 aromatic rings. The minimum absolute atomic E-state index is 0.00282. The van der Waals surface area contributed by atoms with Crippen LogP contribution in [0.15, 0.2) is 18.2 Å². The van der Waals surface area contributed by atoms with Crippen LogP contribution in [0, 0.1) is 11.7 Å². The van der Waals surface area contributed by atoms with Crippen LogP contribution in [0.5, 0.6) is 0 Å². The number of anilines is 1. The Balaban J connectivity index is 2.09. The zero-order valence-corrected chi connectivity index (χ0v) is 11.6. The number of nitrogens with two attached hydrogens (primary N) is 1. The van der Waals surface area contributed by atoms with E-state index in [9.17, 15) is 9.18 Å². The minimum atomic E-state index is -0.499. The molecule has 1 aromatic carbocycles. The summed E-state index contributed by atoms with van der Waals surface area (Å²) in [5, 5.41) is 2.76. The van der Waals surface area contributed by atoms with E-state index in [0.717, 1.165) is 25.7 Å². The van der Waals surface area contributed by atoms with Crippen molar-refractivity contribution in [2.75, 3.05) is 5.32 Å². The highest BCUT2D eigenvalue weighted by molar-refractivity contribution is 6.31. The SMILES string of the molecule is CC1(N)CCCCC1C(=O)Nc1ccc(F)c(Cl)c1. The van der Waals surface area contributed by atoms with Crippen molar-refractivity contribution >= 4 is 23.2 Å². The van der Waals surface area contributed by atoms with Crippen LogP contribution in [0.1, 0.15) is 32.6 Å². The molecule has 3 nitrogen and oxygen atoms in total. The summed E-state index contributed by atoms with van der Waals surface area (Å²) in [4.78, 5) is 12.3. The second-order valence-electron chi connectivity index (χ2n) is 5.42. The van der Waals surface area contributed by atoms with Crippen LogP contribution in [0.3, 0.4) is 0 Å². The van der Waals surface area contributed by atoms with E-state index in [1.807, 2.05) is 6.92 Å². The lowest BCUT2D eigenvalue weighted by atomic mass is 9.74. The van der Waals surface area contributed by atoms with Crippen molar-refractivity contribution in [1.29, 1.82) is 0 Å². The maximum atomic E-state index is 13.0. The van der Waals surface area contributed by atoms with Gasteiger partial charge in [-0.3, -0.25) is 4.79 Å². The predicted octanol–water partition coefficient (Wildman–Crippen LogP) is 3.33. The van der Waals surface area contributed by atoms with Crippen molar-refractivity contribution in [2.45, 2.75) is 38.1 Å². The summed E-state index contributed by atoms with van der Waals surface area (Å²) < 4.78 is 13.0. The Hall–Kier alpha value is -1.13. The average Bonchev–Trinajstić information content (AvgIpc) is 2.33. The second kappa shape index (κ2) is 5.47. The van der Waals surface area contributed by atoms with E-state index in [1.165, 1.54) is 18.2 Å². The summed E-state index contributed by atoms with van der Waals surface area (Å²) in [6.45, 7) is 1.91. The lowest BCUT2D eigenvalue weighted by molar-refractivity contribution is -0.122. The quantitative estimate of drug-likeness (QED) is 0.875. The highest BCUT2D eigenvalue weighted by atomic mass is 35.5. The first-order valence-electron chi connectivity index (χ1n) is 6.45. The van der Waals surface area contributed by atoms with Crippen LogP contribution < -0.4 is 11.1 Å². The number of hydrogen-bond acceptors (Lipinski definition) is 2. The number of rotatable bonds is 2. The summed E-state index contributed by atoms with van der Waals surface area (Å²) >= 11 is 5.69. The maximum absolute atomic E-state index is 13.0. The summed E-state index contributed by atoms with van der Waals surface area (Å²) in [5.41, 5.74) is 6.20. The molecule has 1 saturated carbocycles. The molecule has 1 aliphatic rings. The topological polar surface area (TPSA) is 55.1 Å². The van der Waals surface area contributed by atoms with Gasteiger partial charge in [0.1, 0.15) is 5.82 Å². The molecule has 0 radical (unpaired) electrons. The molecule has 1 amide bonds. The Labute approximate surface area is 117 Å². The molecule has 104 valence electrons. The number of nitrogens with one attached hydrogen (secondary N) is 1. The van der Waals surface area contributed by atoms with E-state index in [-0.39, 0.29) is 16.8 Å². The van der Waals surface area contributed by atoms with Crippen LogP contribution in [-0.4, -0.2) is 11.4 Å². The molecule has 2 rings (SSSR count). The van der Waals surface area contributed by atoms with E-state index in [0.29, 0.717) is 5.69 Å². The fraction of sp³-hybridized carbons (Fsp3) is 0.500. The van der Waals surface area contributed by atoms with Gasteiger partial charge in [-0.2, -0.15) is 0 Å². The molecular formula is C14H18ClFN2O. The van der Waals surface area contributed by atoms with Gasteiger partial charge >= 0.3 is 0 Å². The van der Waals surface area contributed by atoms with Gasteiger partial charge in [0.05, 0.1) is 10.9 Å². The minimum Gasteiger partial charge on any atom is -0.326 e. The number of amides is 1. The van der Waals surface area contributed by atoms with Gasteiger partial charge in [-0.05, 0) is 38.0 Å². The largest absolute Gasteiger partial charge is 0.326 e. The van der Waals surface area contributed by atoms with Crippen molar-refractivity contribution in [1.82, 2.24) is 0 Å². The number of hydrogen-bond donors (Lipinski definition) is 2. The van der Waals surface area contributed by atoms with Gasteiger partial charge in [-0.15, -0.1) is 0 Å². The highest BCUT2D eigenvalue weighted by Gasteiger charge is 2.37. The molecule has 2 unspecified atom stereocenters. The third-order valence-corrected chi connectivity index (χ3v) is 4.05. The first kappa shape index (κ1) is 14.3. The summed E-state index contributed by atoms with van der Waals surface area (Å²) in [6, 6.07) is 4.14. The smallest absolute Gasteiger partial charge is 0.229 e. The van der Waals surface area contributed by atoms with Crippen LogP contribution in [0.2, 0.25) is 5.02 Å². The van der Waals surface area contributed by atoms with E-state index in [1.54, 1.807) is 0 Å². The molecule has 0 aromatic heterocycles. The second-order valence-corrected chi connectivity index (χ2v) is 5.83. The summed E-state index contributed by atoms with van der Waals surface area (Å²) in [7, 11) is 0. The zero-order valence-electron chi connectivity index (χ0n) is 10.9. The van der Waals surface area contributed by atoms with Crippen LogP contribution in [0.25, 0.3) is 0 Å². The lowest BCUT2D eigenvalue weighted by Crippen LogP contribution is -2.51. The monoisotopic (exact) mass is 284 g/mol. The molecule has 0 bridgehead atoms. The highest BCUT2D eigenvalue weighted by Crippen LogP contribution is 2.32. The summed E-state index contributed by atoms with van der Waals surface area (Å²) in [6.07, 6.45) is 3.69.